The summed E-state index contributed by atoms with van der Waals surface area (Å²) < 4.78 is 0. The van der Waals surface area contributed by atoms with Crippen LogP contribution in [0.1, 0.15) is 43.9 Å². The Balaban J connectivity index is 1.61. The average molecular weight is 329 g/mol. The summed E-state index contributed by atoms with van der Waals surface area (Å²) in [7, 11) is 0. The van der Waals surface area contributed by atoms with E-state index in [1.165, 1.54) is 5.56 Å². The molecule has 0 unspecified atom stereocenters. The molecule has 0 radical (unpaired) electrons. The minimum atomic E-state index is -0.240. The summed E-state index contributed by atoms with van der Waals surface area (Å²) in [6.07, 6.45) is 2.47. The van der Waals surface area contributed by atoms with E-state index >= 15 is 0 Å². The Labute approximate surface area is 143 Å². The topological polar surface area (TPSA) is 61.4 Å². The summed E-state index contributed by atoms with van der Waals surface area (Å²) in [6, 6.07) is 8.11. The molecular formula is C19H27N3O2. The highest BCUT2D eigenvalue weighted by Crippen LogP contribution is 2.26. The second-order valence-electron chi connectivity index (χ2n) is 7.10. The van der Waals surface area contributed by atoms with Gasteiger partial charge in [-0.3, -0.25) is 9.59 Å². The second-order valence-corrected chi connectivity index (χ2v) is 7.10. The fraction of sp³-hybridized carbons (Fsp3) is 0.579. The quantitative estimate of drug-likeness (QED) is 0.886. The second kappa shape index (κ2) is 7.34. The van der Waals surface area contributed by atoms with Crippen LogP contribution in [0.15, 0.2) is 24.3 Å². The standard InChI is InChI=1S/C19H27N3O2/c1-13(2)21-18(23)15-8-11-22(12-9-15)19(24)17-16-6-4-3-5-14(16)7-10-20-17/h3-6,13,15,17,20H,7-12H2,1-2H3,(H,21,23)/t17-/m1/s1. The summed E-state index contributed by atoms with van der Waals surface area (Å²) >= 11 is 0. The maximum absolute atomic E-state index is 12.9. The average Bonchev–Trinajstić information content (AvgIpc) is 2.60. The highest BCUT2D eigenvalue weighted by Gasteiger charge is 2.33. The van der Waals surface area contributed by atoms with Gasteiger partial charge in [-0.25, -0.2) is 0 Å². The molecule has 1 fully saturated rings. The Kier molecular flexibility index (Phi) is 5.19. The molecule has 2 amide bonds. The van der Waals surface area contributed by atoms with E-state index in [4.69, 9.17) is 0 Å². The van der Waals surface area contributed by atoms with Gasteiger partial charge in [-0.2, -0.15) is 0 Å². The van der Waals surface area contributed by atoms with Crippen LogP contribution in [-0.4, -0.2) is 42.4 Å². The predicted octanol–water partition coefficient (Wildman–Crippen LogP) is 1.64. The van der Waals surface area contributed by atoms with E-state index in [1.54, 1.807) is 0 Å². The number of benzene rings is 1. The molecule has 3 rings (SSSR count). The first-order chi connectivity index (χ1) is 11.6. The Morgan fingerprint density at radius 2 is 1.92 bits per heavy atom. The van der Waals surface area contributed by atoms with Crippen molar-refractivity contribution in [2.24, 2.45) is 5.92 Å². The van der Waals surface area contributed by atoms with Crippen molar-refractivity contribution in [3.63, 3.8) is 0 Å². The lowest BCUT2D eigenvalue weighted by molar-refractivity contribution is -0.137. The van der Waals surface area contributed by atoms with Crippen molar-refractivity contribution in [2.75, 3.05) is 19.6 Å². The molecule has 0 aromatic heterocycles. The van der Waals surface area contributed by atoms with E-state index in [-0.39, 0.29) is 29.8 Å². The van der Waals surface area contributed by atoms with E-state index < -0.39 is 0 Å². The number of carbonyl (C=O) groups excluding carboxylic acids is 2. The minimum absolute atomic E-state index is 0.0306. The van der Waals surface area contributed by atoms with Crippen molar-refractivity contribution in [3.05, 3.63) is 35.4 Å². The van der Waals surface area contributed by atoms with E-state index in [0.29, 0.717) is 13.1 Å². The van der Waals surface area contributed by atoms with E-state index in [9.17, 15) is 9.59 Å². The van der Waals surface area contributed by atoms with Gasteiger partial charge in [-0.05, 0) is 44.2 Å². The zero-order chi connectivity index (χ0) is 17.1. The molecule has 1 atom stereocenters. The third-order valence-electron chi connectivity index (χ3n) is 4.96. The molecule has 1 aromatic rings. The number of nitrogens with zero attached hydrogens (tertiary/aromatic N) is 1. The molecule has 0 bridgehead atoms. The number of rotatable bonds is 3. The summed E-state index contributed by atoms with van der Waals surface area (Å²) in [5.74, 6) is 0.297. The number of nitrogens with one attached hydrogen (secondary N) is 2. The van der Waals surface area contributed by atoms with Crippen LogP contribution in [0.2, 0.25) is 0 Å². The zero-order valence-corrected chi connectivity index (χ0v) is 14.5. The van der Waals surface area contributed by atoms with Gasteiger partial charge in [0.25, 0.3) is 0 Å². The lowest BCUT2D eigenvalue weighted by Crippen LogP contribution is -2.48. The van der Waals surface area contributed by atoms with Gasteiger partial charge in [0.2, 0.25) is 11.8 Å². The molecule has 24 heavy (non-hydrogen) atoms. The summed E-state index contributed by atoms with van der Waals surface area (Å²) in [5, 5.41) is 6.34. The Morgan fingerprint density at radius 3 is 2.62 bits per heavy atom. The number of likely N-dealkylation sites (tertiary alicyclic amines) is 1. The van der Waals surface area contributed by atoms with E-state index in [0.717, 1.165) is 31.4 Å². The van der Waals surface area contributed by atoms with Gasteiger partial charge >= 0.3 is 0 Å². The van der Waals surface area contributed by atoms with Crippen LogP contribution in [0.4, 0.5) is 0 Å². The van der Waals surface area contributed by atoms with Gasteiger partial charge in [0, 0.05) is 31.6 Å². The lowest BCUT2D eigenvalue weighted by atomic mass is 9.91. The third kappa shape index (κ3) is 3.61. The molecule has 1 saturated heterocycles. The highest BCUT2D eigenvalue weighted by molar-refractivity contribution is 5.85. The van der Waals surface area contributed by atoms with Gasteiger partial charge in [0.1, 0.15) is 6.04 Å². The first-order valence-electron chi connectivity index (χ1n) is 8.96. The largest absolute Gasteiger partial charge is 0.354 e. The zero-order valence-electron chi connectivity index (χ0n) is 14.5. The molecule has 0 spiro atoms. The Bertz CT molecular complexity index is 606. The number of fused-ring (bicyclic) bond motifs is 1. The van der Waals surface area contributed by atoms with Crippen molar-refractivity contribution >= 4 is 11.8 Å². The van der Waals surface area contributed by atoms with Crippen molar-refractivity contribution in [3.8, 4) is 0 Å². The third-order valence-corrected chi connectivity index (χ3v) is 4.96. The van der Waals surface area contributed by atoms with Gasteiger partial charge in [-0.1, -0.05) is 24.3 Å². The monoisotopic (exact) mass is 329 g/mol. The summed E-state index contributed by atoms with van der Waals surface area (Å²) in [6.45, 7) is 6.11. The molecule has 5 nitrogen and oxygen atoms in total. The molecule has 2 heterocycles. The molecule has 5 heteroatoms. The van der Waals surface area contributed by atoms with Crippen LogP contribution in [-0.2, 0) is 16.0 Å². The molecule has 0 aliphatic carbocycles. The number of carbonyl (C=O) groups is 2. The van der Waals surface area contributed by atoms with Gasteiger partial charge in [-0.15, -0.1) is 0 Å². The number of hydrogen-bond donors (Lipinski definition) is 2. The predicted molar refractivity (Wildman–Crippen MR) is 93.5 cm³/mol. The fourth-order valence-electron chi connectivity index (χ4n) is 3.67. The first kappa shape index (κ1) is 17.0. The summed E-state index contributed by atoms with van der Waals surface area (Å²) in [5.41, 5.74) is 2.37. The minimum Gasteiger partial charge on any atom is -0.354 e. The van der Waals surface area contributed by atoms with Crippen LogP contribution < -0.4 is 10.6 Å². The van der Waals surface area contributed by atoms with E-state index in [2.05, 4.69) is 16.7 Å². The molecule has 0 saturated carbocycles. The van der Waals surface area contributed by atoms with Crippen molar-refractivity contribution in [2.45, 2.75) is 45.2 Å². The van der Waals surface area contributed by atoms with Crippen LogP contribution in [0.25, 0.3) is 0 Å². The van der Waals surface area contributed by atoms with Crippen molar-refractivity contribution < 1.29 is 9.59 Å². The molecule has 130 valence electrons. The van der Waals surface area contributed by atoms with Crippen LogP contribution >= 0.6 is 0 Å². The first-order valence-corrected chi connectivity index (χ1v) is 8.96. The fourth-order valence-corrected chi connectivity index (χ4v) is 3.67. The van der Waals surface area contributed by atoms with Crippen LogP contribution in [0, 0.1) is 5.92 Å². The lowest BCUT2D eigenvalue weighted by Gasteiger charge is -2.36. The smallest absolute Gasteiger partial charge is 0.244 e. The summed E-state index contributed by atoms with van der Waals surface area (Å²) in [4.78, 5) is 27.0. The molecule has 2 N–H and O–H groups in total. The van der Waals surface area contributed by atoms with Gasteiger partial charge in [0.15, 0.2) is 0 Å². The number of piperidine rings is 1. The molecular weight excluding hydrogens is 302 g/mol. The normalized spacial score (nSPS) is 21.5. The van der Waals surface area contributed by atoms with Gasteiger partial charge < -0.3 is 15.5 Å². The van der Waals surface area contributed by atoms with Crippen LogP contribution in [0.5, 0.6) is 0 Å². The van der Waals surface area contributed by atoms with Crippen molar-refractivity contribution in [1.82, 2.24) is 15.5 Å². The van der Waals surface area contributed by atoms with Crippen LogP contribution in [0.3, 0.4) is 0 Å². The number of amides is 2. The Morgan fingerprint density at radius 1 is 1.21 bits per heavy atom. The van der Waals surface area contributed by atoms with Gasteiger partial charge in [0.05, 0.1) is 0 Å². The number of hydrogen-bond acceptors (Lipinski definition) is 3. The maximum atomic E-state index is 12.9. The maximum Gasteiger partial charge on any atom is 0.244 e. The van der Waals surface area contributed by atoms with E-state index in [1.807, 2.05) is 36.9 Å². The highest BCUT2D eigenvalue weighted by atomic mass is 16.2. The molecule has 2 aliphatic heterocycles. The van der Waals surface area contributed by atoms with Crippen molar-refractivity contribution in [1.29, 1.82) is 0 Å². The Hall–Kier alpha value is -1.88. The SMILES string of the molecule is CC(C)NC(=O)C1CCN(C(=O)[C@@H]2NCCc3ccccc32)CC1. The molecule has 2 aliphatic rings. The molecule has 1 aromatic carbocycles.